The molecule has 1 aromatic rings. The van der Waals surface area contributed by atoms with Crippen molar-refractivity contribution in [3.05, 3.63) is 17.5 Å². The van der Waals surface area contributed by atoms with Gasteiger partial charge in [0.2, 0.25) is 11.8 Å². The smallest absolute Gasteiger partial charge is 0.315 e. The summed E-state index contributed by atoms with van der Waals surface area (Å²) in [4.78, 5) is 38.6. The number of hydrogen-bond donors (Lipinski definition) is 3. The Morgan fingerprint density at radius 3 is 2.79 bits per heavy atom. The van der Waals surface area contributed by atoms with Crippen LogP contribution in [0.1, 0.15) is 50.5 Å². The Labute approximate surface area is 165 Å². The molecule has 1 aliphatic rings. The Kier molecular flexibility index (Phi) is 8.28. The van der Waals surface area contributed by atoms with Gasteiger partial charge in [0, 0.05) is 44.6 Å². The quantitative estimate of drug-likeness (QED) is 0.674. The molecule has 0 aliphatic carbocycles. The molecule has 3 N–H and O–H groups in total. The SMILES string of the molecule is CCCNC(=O)N[C@@H]1CCC[C@@H](C(=O)NCc2cc(C)on2)CC(=O)N(C)C1. The molecular formula is C19H31N5O4. The zero-order valence-corrected chi connectivity index (χ0v) is 16.9. The standard InChI is InChI=1S/C19H31N5O4/c1-4-8-20-19(27)22-15-7-5-6-14(10-17(25)24(3)12-15)18(26)21-11-16-9-13(2)28-23-16/h9,14-15H,4-8,10-12H2,1-3H3,(H,21,26)(H2,20,22,27)/t14-,15-/m1/s1. The van der Waals surface area contributed by atoms with Gasteiger partial charge in [0.15, 0.2) is 0 Å². The highest BCUT2D eigenvalue weighted by Gasteiger charge is 2.27. The number of nitrogens with zero attached hydrogens (tertiary/aromatic N) is 2. The van der Waals surface area contributed by atoms with Crippen molar-refractivity contribution >= 4 is 17.8 Å². The Bertz CT molecular complexity index is 675. The number of amides is 4. The number of hydrogen-bond acceptors (Lipinski definition) is 5. The lowest BCUT2D eigenvalue weighted by molar-refractivity contribution is -0.135. The van der Waals surface area contributed by atoms with Crippen LogP contribution in [0, 0.1) is 12.8 Å². The molecule has 0 unspecified atom stereocenters. The first kappa shape index (κ1) is 21.7. The van der Waals surface area contributed by atoms with E-state index < -0.39 is 5.92 Å². The summed E-state index contributed by atoms with van der Waals surface area (Å²) < 4.78 is 4.99. The van der Waals surface area contributed by atoms with E-state index >= 15 is 0 Å². The van der Waals surface area contributed by atoms with Crippen LogP contribution in [0.5, 0.6) is 0 Å². The van der Waals surface area contributed by atoms with Crippen LogP contribution < -0.4 is 16.0 Å². The zero-order chi connectivity index (χ0) is 20.5. The Morgan fingerprint density at radius 2 is 2.11 bits per heavy atom. The minimum Gasteiger partial charge on any atom is -0.361 e. The van der Waals surface area contributed by atoms with Gasteiger partial charge in [-0.05, 0) is 26.2 Å². The van der Waals surface area contributed by atoms with E-state index in [0.717, 1.165) is 12.8 Å². The second-order valence-corrected chi connectivity index (χ2v) is 7.35. The van der Waals surface area contributed by atoms with Crippen LogP contribution >= 0.6 is 0 Å². The maximum Gasteiger partial charge on any atom is 0.315 e. The number of carbonyl (C=O) groups is 3. The van der Waals surface area contributed by atoms with Crippen molar-refractivity contribution in [1.82, 2.24) is 26.0 Å². The van der Waals surface area contributed by atoms with Crippen molar-refractivity contribution in [2.45, 2.75) is 58.5 Å². The minimum atomic E-state index is -0.393. The third-order valence-electron chi connectivity index (χ3n) is 4.81. The van der Waals surface area contributed by atoms with Gasteiger partial charge in [0.1, 0.15) is 11.5 Å². The van der Waals surface area contributed by atoms with Gasteiger partial charge >= 0.3 is 6.03 Å². The molecule has 2 heterocycles. The predicted molar refractivity (Wildman–Crippen MR) is 103 cm³/mol. The third kappa shape index (κ3) is 6.86. The van der Waals surface area contributed by atoms with Crippen molar-refractivity contribution < 1.29 is 18.9 Å². The molecule has 0 spiro atoms. The Morgan fingerprint density at radius 1 is 1.32 bits per heavy atom. The number of aromatic nitrogens is 1. The molecule has 28 heavy (non-hydrogen) atoms. The van der Waals surface area contributed by atoms with Gasteiger partial charge in [0.05, 0.1) is 6.54 Å². The first-order chi connectivity index (χ1) is 13.4. The topological polar surface area (TPSA) is 117 Å². The van der Waals surface area contributed by atoms with Gasteiger partial charge in [-0.2, -0.15) is 0 Å². The molecule has 9 nitrogen and oxygen atoms in total. The van der Waals surface area contributed by atoms with Crippen molar-refractivity contribution in [3.8, 4) is 0 Å². The van der Waals surface area contributed by atoms with Crippen LogP contribution in [-0.2, 0) is 16.1 Å². The Balaban J connectivity index is 1.90. The normalized spacial score (nSPS) is 20.7. The lowest BCUT2D eigenvalue weighted by Gasteiger charge is -2.24. The maximum absolute atomic E-state index is 12.6. The summed E-state index contributed by atoms with van der Waals surface area (Å²) in [6, 6.07) is 1.41. The second kappa shape index (κ2) is 10.7. The summed E-state index contributed by atoms with van der Waals surface area (Å²) >= 11 is 0. The van der Waals surface area contributed by atoms with E-state index in [1.54, 1.807) is 24.9 Å². The molecule has 0 aromatic carbocycles. The number of carbonyl (C=O) groups excluding carboxylic acids is 3. The number of rotatable bonds is 6. The molecule has 1 fully saturated rings. The van der Waals surface area contributed by atoms with Crippen LogP contribution in [-0.4, -0.2) is 54.1 Å². The summed E-state index contributed by atoms with van der Waals surface area (Å²) in [5.74, 6) is 0.0372. The van der Waals surface area contributed by atoms with Crippen molar-refractivity contribution in [3.63, 3.8) is 0 Å². The predicted octanol–water partition coefficient (Wildman–Crippen LogP) is 1.33. The van der Waals surface area contributed by atoms with E-state index in [4.69, 9.17) is 4.52 Å². The maximum atomic E-state index is 12.6. The van der Waals surface area contributed by atoms with E-state index in [1.165, 1.54) is 0 Å². The molecule has 0 saturated carbocycles. The number of likely N-dealkylation sites (N-methyl/N-ethyl adjacent to an activating group) is 1. The van der Waals surface area contributed by atoms with Crippen LogP contribution in [0.25, 0.3) is 0 Å². The first-order valence-electron chi connectivity index (χ1n) is 9.87. The third-order valence-corrected chi connectivity index (χ3v) is 4.81. The highest BCUT2D eigenvalue weighted by molar-refractivity contribution is 5.85. The molecule has 2 atom stereocenters. The van der Waals surface area contributed by atoms with Crippen LogP contribution in [0.15, 0.2) is 10.6 Å². The van der Waals surface area contributed by atoms with Crippen LogP contribution in [0.3, 0.4) is 0 Å². The molecule has 0 radical (unpaired) electrons. The summed E-state index contributed by atoms with van der Waals surface area (Å²) in [6.45, 7) is 5.10. The fourth-order valence-corrected chi connectivity index (χ4v) is 3.24. The first-order valence-corrected chi connectivity index (χ1v) is 9.87. The van der Waals surface area contributed by atoms with E-state index in [9.17, 15) is 14.4 Å². The van der Waals surface area contributed by atoms with Crippen molar-refractivity contribution in [2.75, 3.05) is 20.1 Å². The molecule has 4 amide bonds. The Hall–Kier alpha value is -2.58. The lowest BCUT2D eigenvalue weighted by atomic mass is 9.96. The summed E-state index contributed by atoms with van der Waals surface area (Å²) in [5.41, 5.74) is 0.653. The summed E-state index contributed by atoms with van der Waals surface area (Å²) in [6.07, 6.45) is 3.08. The summed E-state index contributed by atoms with van der Waals surface area (Å²) in [5, 5.41) is 12.4. The monoisotopic (exact) mass is 393 g/mol. The molecule has 1 aliphatic heterocycles. The number of aryl methyl sites for hydroxylation is 1. The average molecular weight is 393 g/mol. The highest BCUT2D eigenvalue weighted by Crippen LogP contribution is 2.19. The van der Waals surface area contributed by atoms with E-state index in [1.807, 2.05) is 6.92 Å². The van der Waals surface area contributed by atoms with Crippen LogP contribution in [0.4, 0.5) is 4.79 Å². The van der Waals surface area contributed by atoms with Gasteiger partial charge < -0.3 is 25.4 Å². The minimum absolute atomic E-state index is 0.0971. The zero-order valence-electron chi connectivity index (χ0n) is 16.9. The fourth-order valence-electron chi connectivity index (χ4n) is 3.24. The van der Waals surface area contributed by atoms with Gasteiger partial charge in [-0.3, -0.25) is 9.59 Å². The van der Waals surface area contributed by atoms with Crippen LogP contribution in [0.2, 0.25) is 0 Å². The molecular weight excluding hydrogens is 362 g/mol. The number of urea groups is 1. The molecule has 2 rings (SSSR count). The van der Waals surface area contributed by atoms with Crippen molar-refractivity contribution in [2.24, 2.45) is 5.92 Å². The molecule has 156 valence electrons. The molecule has 1 aromatic heterocycles. The van der Waals surface area contributed by atoms with E-state index in [2.05, 4.69) is 21.1 Å². The second-order valence-electron chi connectivity index (χ2n) is 7.35. The van der Waals surface area contributed by atoms with E-state index in [0.29, 0.717) is 37.4 Å². The molecule has 9 heteroatoms. The molecule has 1 saturated heterocycles. The summed E-state index contributed by atoms with van der Waals surface area (Å²) in [7, 11) is 1.71. The largest absolute Gasteiger partial charge is 0.361 e. The average Bonchev–Trinajstić information content (AvgIpc) is 3.09. The van der Waals surface area contributed by atoms with Gasteiger partial charge in [-0.1, -0.05) is 18.5 Å². The number of nitrogens with one attached hydrogen (secondary N) is 3. The van der Waals surface area contributed by atoms with Crippen molar-refractivity contribution in [1.29, 1.82) is 0 Å². The fraction of sp³-hybridized carbons (Fsp3) is 0.684. The van der Waals surface area contributed by atoms with Gasteiger partial charge in [0.25, 0.3) is 0 Å². The molecule has 0 bridgehead atoms. The highest BCUT2D eigenvalue weighted by atomic mass is 16.5. The van der Waals surface area contributed by atoms with Gasteiger partial charge in [-0.25, -0.2) is 4.79 Å². The van der Waals surface area contributed by atoms with Gasteiger partial charge in [-0.15, -0.1) is 0 Å². The lowest BCUT2D eigenvalue weighted by Crippen LogP contribution is -2.48. The van der Waals surface area contributed by atoms with E-state index in [-0.39, 0.29) is 36.9 Å².